The molecule has 1 heterocycles. The van der Waals surface area contributed by atoms with Gasteiger partial charge in [0.15, 0.2) is 0 Å². The van der Waals surface area contributed by atoms with Crippen molar-refractivity contribution >= 4 is 40.6 Å². The van der Waals surface area contributed by atoms with E-state index in [1.165, 1.54) is 12.1 Å². The zero-order valence-corrected chi connectivity index (χ0v) is 13.6. The van der Waals surface area contributed by atoms with E-state index in [2.05, 4.69) is 15.4 Å². The van der Waals surface area contributed by atoms with Crippen molar-refractivity contribution in [1.82, 2.24) is 9.97 Å². The maximum atomic E-state index is 6.10. The first kappa shape index (κ1) is 16.1. The monoisotopic (exact) mass is 346 g/mol. The molecule has 0 radical (unpaired) electrons. The third kappa shape index (κ3) is 3.49. The van der Waals surface area contributed by atoms with E-state index in [9.17, 15) is 0 Å². The lowest BCUT2D eigenvalue weighted by molar-refractivity contribution is 0.455. The predicted molar refractivity (Wildman–Crippen MR) is 85.5 cm³/mol. The van der Waals surface area contributed by atoms with Gasteiger partial charge in [-0.2, -0.15) is 4.98 Å². The van der Waals surface area contributed by atoms with Crippen molar-refractivity contribution in [2.24, 2.45) is 5.84 Å². The minimum atomic E-state index is 0.336. The summed E-state index contributed by atoms with van der Waals surface area (Å²) in [7, 11) is 0. The zero-order chi connectivity index (χ0) is 15.6. The molecule has 0 saturated heterocycles. The topological polar surface area (TPSA) is 73.1 Å². The summed E-state index contributed by atoms with van der Waals surface area (Å²) in [5.41, 5.74) is 3.18. The van der Waals surface area contributed by atoms with Crippen LogP contribution in [-0.2, 0) is 6.42 Å². The molecule has 1 aromatic heterocycles. The number of hydrogen-bond donors (Lipinski definition) is 2. The number of nitrogens with two attached hydrogens (primary N) is 1. The van der Waals surface area contributed by atoms with Gasteiger partial charge >= 0.3 is 0 Å². The smallest absolute Gasteiger partial charge is 0.227 e. The van der Waals surface area contributed by atoms with E-state index in [1.807, 2.05) is 6.92 Å². The predicted octanol–water partition coefficient (Wildman–Crippen LogP) is 4.39. The number of hydrazine groups is 1. The lowest BCUT2D eigenvalue weighted by Crippen LogP contribution is -2.13. The van der Waals surface area contributed by atoms with E-state index in [0.29, 0.717) is 50.3 Å². The van der Waals surface area contributed by atoms with Gasteiger partial charge in [0.2, 0.25) is 5.88 Å². The molecule has 0 atom stereocenters. The number of ether oxygens (including phenoxy) is 1. The summed E-state index contributed by atoms with van der Waals surface area (Å²) >= 11 is 18.0. The lowest BCUT2D eigenvalue weighted by Gasteiger charge is -2.13. The number of aryl methyl sites for hydroxylation is 1. The van der Waals surface area contributed by atoms with Crippen molar-refractivity contribution in [3.05, 3.63) is 38.6 Å². The second kappa shape index (κ2) is 6.66. The highest BCUT2D eigenvalue weighted by Crippen LogP contribution is 2.37. The van der Waals surface area contributed by atoms with Crippen molar-refractivity contribution in [3.8, 4) is 11.6 Å². The van der Waals surface area contributed by atoms with Crippen LogP contribution in [0.25, 0.3) is 0 Å². The quantitative estimate of drug-likeness (QED) is 0.487. The Kier molecular flexibility index (Phi) is 5.11. The van der Waals surface area contributed by atoms with Crippen LogP contribution < -0.4 is 16.0 Å². The number of halogens is 3. The van der Waals surface area contributed by atoms with Gasteiger partial charge in [-0.05, 0) is 13.0 Å². The van der Waals surface area contributed by atoms with Crippen LogP contribution >= 0.6 is 34.8 Å². The summed E-state index contributed by atoms with van der Waals surface area (Å²) in [6.45, 7) is 3.72. The van der Waals surface area contributed by atoms with E-state index < -0.39 is 0 Å². The molecule has 21 heavy (non-hydrogen) atoms. The second-order valence-corrected chi connectivity index (χ2v) is 5.44. The first-order valence-electron chi connectivity index (χ1n) is 6.12. The molecule has 0 bridgehead atoms. The molecule has 0 spiro atoms. The number of hydrogen-bond acceptors (Lipinski definition) is 5. The molecule has 2 aromatic rings. The molecule has 0 amide bonds. The molecule has 0 saturated carbocycles. The highest BCUT2D eigenvalue weighted by molar-refractivity contribution is 6.43. The number of anilines is 1. The zero-order valence-electron chi connectivity index (χ0n) is 11.4. The number of nitrogen functional groups attached to an aromatic ring is 1. The Morgan fingerprint density at radius 3 is 2.43 bits per heavy atom. The fourth-order valence-corrected chi connectivity index (χ4v) is 2.20. The van der Waals surface area contributed by atoms with Crippen molar-refractivity contribution in [2.45, 2.75) is 20.3 Å². The molecule has 8 heteroatoms. The second-order valence-electron chi connectivity index (χ2n) is 4.22. The third-order valence-electron chi connectivity index (χ3n) is 2.78. The van der Waals surface area contributed by atoms with Gasteiger partial charge in [-0.25, -0.2) is 10.8 Å². The normalized spacial score (nSPS) is 10.6. The molecule has 0 aliphatic rings. The van der Waals surface area contributed by atoms with Gasteiger partial charge in [-0.1, -0.05) is 41.7 Å². The maximum absolute atomic E-state index is 6.10. The molecular formula is C13H13Cl3N4O. The van der Waals surface area contributed by atoms with E-state index in [0.717, 1.165) is 0 Å². The number of aromatic nitrogens is 2. The van der Waals surface area contributed by atoms with E-state index in [-0.39, 0.29) is 0 Å². The molecule has 0 fully saturated rings. The highest BCUT2D eigenvalue weighted by Gasteiger charge is 2.14. The molecule has 5 nitrogen and oxygen atoms in total. The third-order valence-corrected chi connectivity index (χ3v) is 3.80. The van der Waals surface area contributed by atoms with E-state index >= 15 is 0 Å². The van der Waals surface area contributed by atoms with Gasteiger partial charge in [0, 0.05) is 12.5 Å². The van der Waals surface area contributed by atoms with Crippen LogP contribution in [-0.4, -0.2) is 9.97 Å². The fourth-order valence-electron chi connectivity index (χ4n) is 1.62. The van der Waals surface area contributed by atoms with E-state index in [4.69, 9.17) is 45.4 Å². The van der Waals surface area contributed by atoms with Crippen LogP contribution in [0, 0.1) is 6.92 Å². The summed E-state index contributed by atoms with van der Waals surface area (Å²) < 4.78 is 5.74. The maximum Gasteiger partial charge on any atom is 0.227 e. The summed E-state index contributed by atoms with van der Waals surface area (Å²) in [6.07, 6.45) is 0.639. The minimum Gasteiger partial charge on any atom is -0.437 e. The molecule has 0 unspecified atom stereocenters. The number of nitrogens with zero attached hydrogens (tertiary/aromatic N) is 2. The van der Waals surface area contributed by atoms with Gasteiger partial charge < -0.3 is 10.2 Å². The Hall–Kier alpha value is -1.27. The highest BCUT2D eigenvalue weighted by atomic mass is 35.5. The molecule has 0 aliphatic carbocycles. The average Bonchev–Trinajstić information content (AvgIpc) is 2.46. The van der Waals surface area contributed by atoms with Gasteiger partial charge in [-0.3, -0.25) is 0 Å². The van der Waals surface area contributed by atoms with Gasteiger partial charge in [0.1, 0.15) is 17.4 Å². The average molecular weight is 348 g/mol. The first-order chi connectivity index (χ1) is 9.96. The molecule has 2 rings (SSSR count). The Morgan fingerprint density at radius 2 is 1.81 bits per heavy atom. The van der Waals surface area contributed by atoms with Crippen LogP contribution in [0.4, 0.5) is 5.82 Å². The van der Waals surface area contributed by atoms with Crippen LogP contribution in [0.15, 0.2) is 12.1 Å². The first-order valence-corrected chi connectivity index (χ1v) is 7.26. The minimum absolute atomic E-state index is 0.336. The summed E-state index contributed by atoms with van der Waals surface area (Å²) in [6, 6.07) is 3.05. The summed E-state index contributed by atoms with van der Waals surface area (Å²) in [5.74, 6) is 7.26. The molecule has 0 aliphatic heterocycles. The largest absolute Gasteiger partial charge is 0.437 e. The Labute approximate surface area is 137 Å². The number of rotatable bonds is 4. The number of benzene rings is 1. The van der Waals surface area contributed by atoms with Crippen molar-refractivity contribution < 1.29 is 4.74 Å². The summed E-state index contributed by atoms with van der Waals surface area (Å²) in [4.78, 5) is 8.58. The summed E-state index contributed by atoms with van der Waals surface area (Å²) in [5, 5.41) is 1.03. The van der Waals surface area contributed by atoms with Gasteiger partial charge in [0.05, 0.1) is 20.6 Å². The van der Waals surface area contributed by atoms with Crippen LogP contribution in [0.5, 0.6) is 11.6 Å². The standard InChI is InChI=1S/C13H13Cl3N4O/c1-3-11-18-12(20-17)6(2)13(19-11)21-10-5-8(15)7(14)4-9(10)16/h4-5H,3,17H2,1-2H3,(H,18,19,20). The SMILES string of the molecule is CCc1nc(NN)c(C)c(Oc2cc(Cl)c(Cl)cc2Cl)n1. The Balaban J connectivity index is 2.46. The van der Waals surface area contributed by atoms with E-state index in [1.54, 1.807) is 6.92 Å². The van der Waals surface area contributed by atoms with Gasteiger partial charge in [-0.15, -0.1) is 0 Å². The fraction of sp³-hybridized carbons (Fsp3) is 0.231. The molecule has 1 aromatic carbocycles. The van der Waals surface area contributed by atoms with Crippen molar-refractivity contribution in [2.75, 3.05) is 5.43 Å². The molecular weight excluding hydrogens is 335 g/mol. The molecule has 3 N–H and O–H groups in total. The molecule has 112 valence electrons. The number of nitrogens with one attached hydrogen (secondary N) is 1. The Bertz CT molecular complexity index is 679. The van der Waals surface area contributed by atoms with Crippen LogP contribution in [0.3, 0.4) is 0 Å². The van der Waals surface area contributed by atoms with Crippen LogP contribution in [0.1, 0.15) is 18.3 Å². The Morgan fingerprint density at radius 1 is 1.14 bits per heavy atom. The van der Waals surface area contributed by atoms with Crippen LogP contribution in [0.2, 0.25) is 15.1 Å². The lowest BCUT2D eigenvalue weighted by atomic mass is 10.3. The van der Waals surface area contributed by atoms with Crippen molar-refractivity contribution in [3.63, 3.8) is 0 Å². The van der Waals surface area contributed by atoms with Gasteiger partial charge in [0.25, 0.3) is 0 Å². The van der Waals surface area contributed by atoms with Crippen molar-refractivity contribution in [1.29, 1.82) is 0 Å².